The van der Waals surface area contributed by atoms with Crippen molar-refractivity contribution in [3.8, 4) is 0 Å². The Balaban J connectivity index is 1.36. The second kappa shape index (κ2) is 7.19. The highest BCUT2D eigenvalue weighted by Crippen LogP contribution is 2.28. The van der Waals surface area contributed by atoms with Crippen LogP contribution in [-0.2, 0) is 7.05 Å². The van der Waals surface area contributed by atoms with Gasteiger partial charge in [0, 0.05) is 56.9 Å². The molecule has 29 heavy (non-hydrogen) atoms. The second-order valence-electron chi connectivity index (χ2n) is 8.02. The molecule has 2 aromatic rings. The molecule has 0 aliphatic carbocycles. The van der Waals surface area contributed by atoms with Gasteiger partial charge in [0.05, 0.1) is 23.1 Å². The number of piperazine rings is 1. The molecule has 0 radical (unpaired) electrons. The third-order valence-corrected chi connectivity index (χ3v) is 6.21. The predicted molar refractivity (Wildman–Crippen MR) is 118 cm³/mol. The van der Waals surface area contributed by atoms with Crippen LogP contribution in [0, 0.1) is 6.92 Å². The van der Waals surface area contributed by atoms with Gasteiger partial charge in [0.1, 0.15) is 5.84 Å². The summed E-state index contributed by atoms with van der Waals surface area (Å²) in [5.74, 6) is 1.02. The van der Waals surface area contributed by atoms with Gasteiger partial charge in [0.25, 0.3) is 0 Å². The number of amidine groups is 1. The second-order valence-corrected chi connectivity index (χ2v) is 8.02. The van der Waals surface area contributed by atoms with E-state index in [1.807, 2.05) is 17.9 Å². The average molecular weight is 389 g/mol. The molecular formula is C23H28N6. The van der Waals surface area contributed by atoms with Gasteiger partial charge in [0.15, 0.2) is 0 Å². The molecule has 3 aliphatic heterocycles. The van der Waals surface area contributed by atoms with E-state index in [9.17, 15) is 0 Å². The molecule has 0 spiro atoms. The van der Waals surface area contributed by atoms with Crippen molar-refractivity contribution in [3.05, 3.63) is 59.6 Å². The third kappa shape index (κ3) is 3.27. The number of hydrogen-bond donors (Lipinski definition) is 0. The zero-order valence-electron chi connectivity index (χ0n) is 17.5. The molecule has 1 fully saturated rings. The molecule has 4 heterocycles. The molecule has 0 saturated carbocycles. The maximum Gasteiger partial charge on any atom is 0.133 e. The van der Waals surface area contributed by atoms with Crippen LogP contribution in [-0.4, -0.2) is 69.6 Å². The highest BCUT2D eigenvalue weighted by Gasteiger charge is 2.22. The van der Waals surface area contributed by atoms with Crippen molar-refractivity contribution >= 4 is 22.4 Å². The van der Waals surface area contributed by atoms with Crippen molar-refractivity contribution in [1.82, 2.24) is 24.5 Å². The Morgan fingerprint density at radius 2 is 1.90 bits per heavy atom. The lowest BCUT2D eigenvalue weighted by Crippen LogP contribution is -2.46. The van der Waals surface area contributed by atoms with Gasteiger partial charge in [-0.25, -0.2) is 4.99 Å². The van der Waals surface area contributed by atoms with Crippen LogP contribution in [0.4, 0.5) is 0 Å². The van der Waals surface area contributed by atoms with E-state index in [2.05, 4.69) is 70.2 Å². The summed E-state index contributed by atoms with van der Waals surface area (Å²) in [5, 5.41) is 5.56. The first-order chi connectivity index (χ1) is 14.1. The number of allylic oxidation sites excluding steroid dienone is 1. The van der Waals surface area contributed by atoms with Crippen LogP contribution in [0.15, 0.2) is 53.4 Å². The first-order valence-corrected chi connectivity index (χ1v) is 10.5. The molecule has 1 aromatic carbocycles. The van der Waals surface area contributed by atoms with Crippen molar-refractivity contribution in [2.45, 2.75) is 13.8 Å². The fourth-order valence-electron chi connectivity index (χ4n) is 4.52. The van der Waals surface area contributed by atoms with Gasteiger partial charge in [-0.05, 0) is 49.4 Å². The van der Waals surface area contributed by atoms with E-state index in [1.165, 1.54) is 22.2 Å². The Bertz CT molecular complexity index is 1060. The third-order valence-electron chi connectivity index (χ3n) is 6.21. The summed E-state index contributed by atoms with van der Waals surface area (Å²) in [5.41, 5.74) is 5.92. The summed E-state index contributed by atoms with van der Waals surface area (Å²) in [7, 11) is 1.99. The molecule has 1 saturated heterocycles. The summed E-state index contributed by atoms with van der Waals surface area (Å²) in [6.45, 7) is 10.8. The number of fused-ring (bicyclic) bond motifs is 2. The first kappa shape index (κ1) is 18.2. The van der Waals surface area contributed by atoms with E-state index in [0.29, 0.717) is 0 Å². The highest BCUT2D eigenvalue weighted by atomic mass is 15.3. The first-order valence-electron chi connectivity index (χ1n) is 10.5. The molecular weight excluding hydrogens is 360 g/mol. The minimum absolute atomic E-state index is 0.848. The number of rotatable bonds is 3. The summed E-state index contributed by atoms with van der Waals surface area (Å²) < 4.78 is 1.94. The van der Waals surface area contributed by atoms with Gasteiger partial charge in [-0.15, -0.1) is 0 Å². The number of hydrogen-bond acceptors (Lipinski definition) is 5. The molecule has 0 unspecified atom stereocenters. The van der Waals surface area contributed by atoms with E-state index in [-0.39, 0.29) is 0 Å². The lowest BCUT2D eigenvalue weighted by atomic mass is 10.0. The molecule has 6 nitrogen and oxygen atoms in total. The number of nitrogens with zero attached hydrogens (tertiary/aromatic N) is 6. The Morgan fingerprint density at radius 1 is 1.07 bits per heavy atom. The lowest BCUT2D eigenvalue weighted by molar-refractivity contribution is 0.167. The Kier molecular flexibility index (Phi) is 4.51. The number of likely N-dealkylation sites (N-methyl/N-ethyl adjacent to an activating group) is 1. The number of benzene rings is 1. The standard InChI is InChI=1S/C23H28N6/c1-4-27-9-11-28(12-10-27)20-5-6-22-25-21(7-8-29(22)16-20)18-13-17(2)23-19(14-18)15-24-26(23)3/h5-7,13-16H,4,8-12H2,1-3H3. The van der Waals surface area contributed by atoms with E-state index in [1.54, 1.807) is 0 Å². The normalized spacial score (nSPS) is 19.9. The van der Waals surface area contributed by atoms with Gasteiger partial charge in [-0.2, -0.15) is 5.10 Å². The van der Waals surface area contributed by atoms with Crippen LogP contribution < -0.4 is 0 Å². The maximum absolute atomic E-state index is 4.95. The van der Waals surface area contributed by atoms with Crippen LogP contribution in [0.3, 0.4) is 0 Å². The summed E-state index contributed by atoms with van der Waals surface area (Å²) in [6, 6.07) is 4.42. The minimum Gasteiger partial charge on any atom is -0.368 e. The Hall–Kier alpha value is -2.86. The van der Waals surface area contributed by atoms with Crippen molar-refractivity contribution in [1.29, 1.82) is 0 Å². The summed E-state index contributed by atoms with van der Waals surface area (Å²) >= 11 is 0. The van der Waals surface area contributed by atoms with Crippen LogP contribution in [0.25, 0.3) is 16.6 Å². The average Bonchev–Trinajstić information content (AvgIpc) is 3.14. The van der Waals surface area contributed by atoms with E-state index in [0.717, 1.165) is 56.4 Å². The molecule has 0 amide bonds. The number of aromatic nitrogens is 2. The predicted octanol–water partition coefficient (Wildman–Crippen LogP) is 2.99. The van der Waals surface area contributed by atoms with Crippen LogP contribution >= 0.6 is 0 Å². The Labute approximate surface area is 172 Å². The van der Waals surface area contributed by atoms with Gasteiger partial charge in [-0.3, -0.25) is 4.68 Å². The van der Waals surface area contributed by atoms with E-state index < -0.39 is 0 Å². The van der Waals surface area contributed by atoms with Crippen molar-refractivity contribution in [2.75, 3.05) is 39.3 Å². The number of aryl methyl sites for hydroxylation is 2. The van der Waals surface area contributed by atoms with Crippen molar-refractivity contribution < 1.29 is 0 Å². The molecule has 6 heteroatoms. The van der Waals surface area contributed by atoms with Gasteiger partial charge in [0.2, 0.25) is 0 Å². The molecule has 150 valence electrons. The molecule has 1 aromatic heterocycles. The van der Waals surface area contributed by atoms with Gasteiger partial charge >= 0.3 is 0 Å². The Morgan fingerprint density at radius 3 is 2.69 bits per heavy atom. The zero-order chi connectivity index (χ0) is 20.0. The summed E-state index contributed by atoms with van der Waals surface area (Å²) in [6.07, 6.45) is 10.8. The zero-order valence-corrected chi connectivity index (χ0v) is 17.5. The van der Waals surface area contributed by atoms with E-state index >= 15 is 0 Å². The van der Waals surface area contributed by atoms with Crippen LogP contribution in [0.2, 0.25) is 0 Å². The largest absolute Gasteiger partial charge is 0.368 e. The van der Waals surface area contributed by atoms with Crippen LogP contribution in [0.5, 0.6) is 0 Å². The van der Waals surface area contributed by atoms with Gasteiger partial charge in [-0.1, -0.05) is 6.92 Å². The summed E-state index contributed by atoms with van der Waals surface area (Å²) in [4.78, 5) is 12.2. The minimum atomic E-state index is 0.848. The fraction of sp³-hybridized carbons (Fsp3) is 0.391. The monoisotopic (exact) mass is 388 g/mol. The van der Waals surface area contributed by atoms with Gasteiger partial charge < -0.3 is 14.7 Å². The van der Waals surface area contributed by atoms with Crippen molar-refractivity contribution in [2.24, 2.45) is 12.0 Å². The van der Waals surface area contributed by atoms with Crippen LogP contribution in [0.1, 0.15) is 18.1 Å². The maximum atomic E-state index is 4.95. The lowest BCUT2D eigenvalue weighted by Gasteiger charge is -2.38. The van der Waals surface area contributed by atoms with E-state index in [4.69, 9.17) is 4.99 Å². The molecule has 0 atom stereocenters. The SMILES string of the molecule is CCN1CCN(C2=CN3CC=C(c4cc(C)c5c(cnn5C)c4)N=C3C=C2)CC1. The molecule has 0 bridgehead atoms. The quantitative estimate of drug-likeness (QED) is 0.811. The number of aliphatic imine (C=N–C) groups is 1. The topological polar surface area (TPSA) is 39.9 Å². The smallest absolute Gasteiger partial charge is 0.133 e. The molecule has 3 aliphatic rings. The molecule has 5 rings (SSSR count). The highest BCUT2D eigenvalue weighted by molar-refractivity contribution is 6.00. The molecule has 0 N–H and O–H groups in total. The van der Waals surface area contributed by atoms with Crippen molar-refractivity contribution in [3.63, 3.8) is 0 Å². The fourth-order valence-corrected chi connectivity index (χ4v) is 4.52.